The van der Waals surface area contributed by atoms with Gasteiger partial charge in [0, 0.05) is 38.0 Å². The molecule has 0 spiro atoms. The average molecular weight is 393 g/mol. The summed E-state index contributed by atoms with van der Waals surface area (Å²) in [5, 5.41) is 11.8. The number of hydrogen-bond acceptors (Lipinski definition) is 6. The van der Waals surface area contributed by atoms with E-state index >= 15 is 0 Å². The Hall–Kier alpha value is -2.61. The van der Waals surface area contributed by atoms with E-state index in [4.69, 9.17) is 11.6 Å². The number of nitro groups is 1. The molecule has 1 aromatic carbocycles. The van der Waals surface area contributed by atoms with Gasteiger partial charge in [-0.3, -0.25) is 10.1 Å². The monoisotopic (exact) mass is 392 g/mol. The lowest BCUT2D eigenvalue weighted by molar-refractivity contribution is -0.384. The zero-order chi connectivity index (χ0) is 19.6. The van der Waals surface area contributed by atoms with Crippen molar-refractivity contribution in [1.82, 2.24) is 9.55 Å². The molecule has 0 aliphatic carbocycles. The highest BCUT2D eigenvalue weighted by molar-refractivity contribution is 6.34. The van der Waals surface area contributed by atoms with Crippen molar-refractivity contribution in [3.63, 3.8) is 0 Å². The minimum absolute atomic E-state index is 0.00828. The number of ether oxygens (including phenoxy) is 1. The summed E-state index contributed by atoms with van der Waals surface area (Å²) >= 11 is 6.22. The molecule has 27 heavy (non-hydrogen) atoms. The van der Waals surface area contributed by atoms with Crippen LogP contribution in [0.25, 0.3) is 0 Å². The van der Waals surface area contributed by atoms with Crippen LogP contribution in [0.2, 0.25) is 5.02 Å². The summed E-state index contributed by atoms with van der Waals surface area (Å²) in [6, 6.07) is 2.86. The molecular formula is C18H21ClN4O4. The van der Waals surface area contributed by atoms with Crippen LogP contribution in [-0.4, -0.2) is 40.6 Å². The number of carbonyl (C=O) groups excluding carboxylic acids is 1. The Morgan fingerprint density at radius 1 is 1.48 bits per heavy atom. The van der Waals surface area contributed by atoms with Crippen molar-refractivity contribution in [3.05, 3.63) is 51.1 Å². The Bertz CT molecular complexity index is 867. The van der Waals surface area contributed by atoms with Crippen LogP contribution in [0.15, 0.2) is 24.5 Å². The zero-order valence-corrected chi connectivity index (χ0v) is 16.0. The number of carbonyl (C=O) groups is 1. The predicted octanol–water partition coefficient (Wildman–Crippen LogP) is 3.64. The van der Waals surface area contributed by atoms with Gasteiger partial charge in [-0.15, -0.1) is 0 Å². The van der Waals surface area contributed by atoms with Gasteiger partial charge in [-0.25, -0.2) is 9.78 Å². The Kier molecular flexibility index (Phi) is 5.65. The number of esters is 1. The SMILES string of the molecule is CCc1nccn1C1CCCN(c2cc(Cl)c(C(=O)OC)cc2[N+](=O)[O-])C1. The second-order valence-corrected chi connectivity index (χ2v) is 6.82. The third kappa shape index (κ3) is 3.75. The van der Waals surface area contributed by atoms with Gasteiger partial charge in [0.25, 0.3) is 5.69 Å². The first-order chi connectivity index (χ1) is 13.0. The molecule has 1 aliphatic rings. The van der Waals surface area contributed by atoms with Gasteiger partial charge < -0.3 is 14.2 Å². The number of nitro benzene ring substituents is 1. The normalized spacial score (nSPS) is 17.0. The first kappa shape index (κ1) is 19.2. The van der Waals surface area contributed by atoms with Gasteiger partial charge in [0.15, 0.2) is 0 Å². The van der Waals surface area contributed by atoms with E-state index in [-0.39, 0.29) is 22.3 Å². The summed E-state index contributed by atoms with van der Waals surface area (Å²) in [4.78, 5) is 29.3. The molecule has 1 aromatic heterocycles. The van der Waals surface area contributed by atoms with Gasteiger partial charge in [0.05, 0.1) is 28.7 Å². The summed E-state index contributed by atoms with van der Waals surface area (Å²) < 4.78 is 6.80. The van der Waals surface area contributed by atoms with Crippen molar-refractivity contribution in [2.75, 3.05) is 25.1 Å². The van der Waals surface area contributed by atoms with Crippen LogP contribution in [-0.2, 0) is 11.2 Å². The molecule has 144 valence electrons. The number of methoxy groups -OCH3 is 1. The molecule has 1 aliphatic heterocycles. The van der Waals surface area contributed by atoms with Crippen molar-refractivity contribution < 1.29 is 14.5 Å². The molecule has 9 heteroatoms. The van der Waals surface area contributed by atoms with Gasteiger partial charge in [-0.1, -0.05) is 18.5 Å². The Morgan fingerprint density at radius 2 is 2.26 bits per heavy atom. The minimum atomic E-state index is -0.697. The first-order valence-corrected chi connectivity index (χ1v) is 9.17. The molecule has 1 fully saturated rings. The van der Waals surface area contributed by atoms with E-state index in [0.29, 0.717) is 18.8 Å². The maximum atomic E-state index is 11.8. The molecule has 0 amide bonds. The summed E-state index contributed by atoms with van der Waals surface area (Å²) in [7, 11) is 1.21. The lowest BCUT2D eigenvalue weighted by atomic mass is 10.0. The third-order valence-corrected chi connectivity index (χ3v) is 5.17. The highest BCUT2D eigenvalue weighted by atomic mass is 35.5. The minimum Gasteiger partial charge on any atom is -0.465 e. The second-order valence-electron chi connectivity index (χ2n) is 6.42. The molecule has 8 nitrogen and oxygen atoms in total. The molecule has 1 atom stereocenters. The van der Waals surface area contributed by atoms with Crippen molar-refractivity contribution in [2.45, 2.75) is 32.2 Å². The fourth-order valence-electron chi connectivity index (χ4n) is 3.57. The van der Waals surface area contributed by atoms with E-state index in [0.717, 1.165) is 25.1 Å². The van der Waals surface area contributed by atoms with E-state index < -0.39 is 10.9 Å². The maximum Gasteiger partial charge on any atom is 0.339 e. The van der Waals surface area contributed by atoms with Crippen LogP contribution >= 0.6 is 11.6 Å². The van der Waals surface area contributed by atoms with Gasteiger partial charge in [0.1, 0.15) is 11.5 Å². The molecule has 0 radical (unpaired) electrons. The van der Waals surface area contributed by atoms with E-state index in [9.17, 15) is 14.9 Å². The van der Waals surface area contributed by atoms with E-state index in [1.165, 1.54) is 19.2 Å². The van der Waals surface area contributed by atoms with Gasteiger partial charge in [-0.05, 0) is 18.9 Å². The first-order valence-electron chi connectivity index (χ1n) is 8.79. The zero-order valence-electron chi connectivity index (χ0n) is 15.2. The van der Waals surface area contributed by atoms with Crippen molar-refractivity contribution in [1.29, 1.82) is 0 Å². The largest absolute Gasteiger partial charge is 0.465 e. The fraction of sp³-hybridized carbons (Fsp3) is 0.444. The highest BCUT2D eigenvalue weighted by Gasteiger charge is 2.29. The van der Waals surface area contributed by atoms with Gasteiger partial charge in [0.2, 0.25) is 0 Å². The highest BCUT2D eigenvalue weighted by Crippen LogP contribution is 2.37. The standard InChI is InChI=1S/C18H21ClN4O4/c1-3-17-20-6-8-22(17)12-5-4-7-21(11-12)15-10-14(19)13(18(24)27-2)9-16(15)23(25)26/h6,8-10,12H,3-5,7,11H2,1-2H3. The lowest BCUT2D eigenvalue weighted by Gasteiger charge is -2.35. The van der Waals surface area contributed by atoms with Gasteiger partial charge >= 0.3 is 5.97 Å². The predicted molar refractivity (Wildman–Crippen MR) is 102 cm³/mol. The second kappa shape index (κ2) is 7.96. The molecule has 0 N–H and O–H groups in total. The number of rotatable bonds is 5. The average Bonchev–Trinajstić information content (AvgIpc) is 3.16. The Labute approximate surface area is 161 Å². The topological polar surface area (TPSA) is 90.5 Å². The quantitative estimate of drug-likeness (QED) is 0.438. The smallest absolute Gasteiger partial charge is 0.339 e. The molecule has 0 saturated carbocycles. The number of piperidine rings is 1. The fourth-order valence-corrected chi connectivity index (χ4v) is 3.80. The number of halogens is 1. The summed E-state index contributed by atoms with van der Waals surface area (Å²) in [5.74, 6) is 0.299. The molecule has 2 aromatic rings. The summed E-state index contributed by atoms with van der Waals surface area (Å²) in [6.45, 7) is 3.34. The lowest BCUT2D eigenvalue weighted by Crippen LogP contribution is -2.37. The number of hydrogen-bond donors (Lipinski definition) is 0. The number of aromatic nitrogens is 2. The number of benzene rings is 1. The molecule has 1 saturated heterocycles. The molecular weight excluding hydrogens is 372 g/mol. The van der Waals surface area contributed by atoms with Crippen molar-refractivity contribution in [2.24, 2.45) is 0 Å². The maximum absolute atomic E-state index is 11.8. The number of aryl methyl sites for hydroxylation is 1. The van der Waals surface area contributed by atoms with Crippen molar-refractivity contribution in [3.8, 4) is 0 Å². The van der Waals surface area contributed by atoms with E-state index in [1.807, 2.05) is 11.1 Å². The molecule has 1 unspecified atom stereocenters. The van der Waals surface area contributed by atoms with Crippen LogP contribution in [0.5, 0.6) is 0 Å². The van der Waals surface area contributed by atoms with Gasteiger partial charge in [-0.2, -0.15) is 0 Å². The van der Waals surface area contributed by atoms with E-state index in [2.05, 4.69) is 21.2 Å². The molecule has 2 heterocycles. The van der Waals surface area contributed by atoms with Crippen LogP contribution in [0.4, 0.5) is 11.4 Å². The molecule has 3 rings (SSSR count). The summed E-state index contributed by atoms with van der Waals surface area (Å²) in [5.41, 5.74) is 0.258. The molecule has 0 bridgehead atoms. The number of imidazole rings is 1. The van der Waals surface area contributed by atoms with Crippen LogP contribution in [0, 0.1) is 10.1 Å². The number of anilines is 1. The van der Waals surface area contributed by atoms with E-state index in [1.54, 1.807) is 6.20 Å². The summed E-state index contributed by atoms with van der Waals surface area (Å²) in [6.07, 6.45) is 6.42. The van der Waals surface area contributed by atoms with Crippen LogP contribution in [0.3, 0.4) is 0 Å². The van der Waals surface area contributed by atoms with Crippen LogP contribution in [0.1, 0.15) is 42.0 Å². The Balaban J connectivity index is 1.96. The van der Waals surface area contributed by atoms with Crippen molar-refractivity contribution >= 4 is 28.9 Å². The Morgan fingerprint density at radius 3 is 2.93 bits per heavy atom. The number of nitrogens with zero attached hydrogens (tertiary/aromatic N) is 4. The van der Waals surface area contributed by atoms with Crippen LogP contribution < -0.4 is 4.90 Å². The third-order valence-electron chi connectivity index (χ3n) is 4.86.